The monoisotopic (exact) mass is 464 g/mol. The van der Waals surface area contributed by atoms with Crippen molar-refractivity contribution in [2.24, 2.45) is 0 Å². The van der Waals surface area contributed by atoms with Crippen molar-refractivity contribution in [3.05, 3.63) is 86.3 Å². The van der Waals surface area contributed by atoms with Gasteiger partial charge in [-0.3, -0.25) is 0 Å². The molecule has 1 aromatic heterocycles. The summed E-state index contributed by atoms with van der Waals surface area (Å²) in [5.41, 5.74) is 2.30. The molecule has 0 aliphatic heterocycles. The molecule has 0 fully saturated rings. The van der Waals surface area contributed by atoms with Crippen molar-refractivity contribution in [3.8, 4) is 28.6 Å². The number of aromatic nitrogens is 2. The summed E-state index contributed by atoms with van der Waals surface area (Å²) in [5.74, 6) is 1.27. The first-order chi connectivity index (χ1) is 14.0. The Balaban J connectivity index is 1.55. The van der Waals surface area contributed by atoms with Crippen molar-refractivity contribution in [2.75, 3.05) is 0 Å². The fraction of sp³-hybridized carbons (Fsp3) is 0.0476. The second-order valence-electron chi connectivity index (χ2n) is 6.09. The van der Waals surface area contributed by atoms with Gasteiger partial charge in [-0.15, -0.1) is 0 Å². The minimum absolute atomic E-state index is 0.303. The summed E-state index contributed by atoms with van der Waals surface area (Å²) >= 11 is 24.3. The van der Waals surface area contributed by atoms with Crippen LogP contribution in [0.5, 0.6) is 5.75 Å². The molecule has 4 aromatic rings. The Labute approximate surface area is 186 Å². The van der Waals surface area contributed by atoms with Crippen LogP contribution in [-0.4, -0.2) is 10.1 Å². The van der Waals surface area contributed by atoms with E-state index in [4.69, 9.17) is 55.7 Å². The molecule has 0 aliphatic carbocycles. The minimum Gasteiger partial charge on any atom is -0.487 e. The number of rotatable bonds is 5. The van der Waals surface area contributed by atoms with Crippen LogP contribution in [0.15, 0.2) is 65.2 Å². The Morgan fingerprint density at radius 2 is 1.69 bits per heavy atom. The topological polar surface area (TPSA) is 48.2 Å². The van der Waals surface area contributed by atoms with E-state index in [0.717, 1.165) is 11.1 Å². The zero-order chi connectivity index (χ0) is 20.4. The molecule has 0 bridgehead atoms. The first-order valence-electron chi connectivity index (χ1n) is 8.46. The summed E-state index contributed by atoms with van der Waals surface area (Å²) in [6.07, 6.45) is 0. The van der Waals surface area contributed by atoms with Gasteiger partial charge in [-0.1, -0.05) is 69.8 Å². The Bertz CT molecular complexity index is 1180. The number of benzene rings is 3. The zero-order valence-corrected chi connectivity index (χ0v) is 17.7. The maximum absolute atomic E-state index is 6.23. The molecule has 3 aromatic carbocycles. The van der Waals surface area contributed by atoms with Crippen LogP contribution in [-0.2, 0) is 6.61 Å². The molecule has 0 radical (unpaired) electrons. The van der Waals surface area contributed by atoms with E-state index in [-0.39, 0.29) is 0 Å². The lowest BCUT2D eigenvalue weighted by Gasteiger charge is -2.09. The SMILES string of the molecule is Clc1ccc(-c2noc(-c3cccc(COc4cccc(Cl)c4Cl)c3)n2)c(Cl)c1. The molecule has 0 aliphatic rings. The molecular weight excluding hydrogens is 454 g/mol. The van der Waals surface area contributed by atoms with Crippen molar-refractivity contribution >= 4 is 46.4 Å². The maximum Gasteiger partial charge on any atom is 0.258 e. The molecule has 1 heterocycles. The fourth-order valence-electron chi connectivity index (χ4n) is 2.67. The van der Waals surface area contributed by atoms with E-state index in [1.54, 1.807) is 36.4 Å². The zero-order valence-electron chi connectivity index (χ0n) is 14.7. The van der Waals surface area contributed by atoms with Crippen LogP contribution >= 0.6 is 46.4 Å². The summed E-state index contributed by atoms with van der Waals surface area (Å²) in [5, 5.41) is 5.83. The molecule has 0 unspecified atom stereocenters. The van der Waals surface area contributed by atoms with Gasteiger partial charge >= 0.3 is 0 Å². The third kappa shape index (κ3) is 4.51. The Morgan fingerprint density at radius 3 is 2.52 bits per heavy atom. The fourth-order valence-corrected chi connectivity index (χ4v) is 3.51. The second kappa shape index (κ2) is 8.64. The highest BCUT2D eigenvalue weighted by Crippen LogP contribution is 2.33. The molecule has 4 nitrogen and oxygen atoms in total. The quantitative estimate of drug-likeness (QED) is 0.304. The molecule has 0 N–H and O–H groups in total. The number of ether oxygens (including phenoxy) is 1. The van der Waals surface area contributed by atoms with E-state index in [1.807, 2.05) is 24.3 Å². The lowest BCUT2D eigenvalue weighted by Crippen LogP contribution is -1.96. The van der Waals surface area contributed by atoms with Crippen molar-refractivity contribution in [1.29, 1.82) is 0 Å². The van der Waals surface area contributed by atoms with Gasteiger partial charge in [0.15, 0.2) is 0 Å². The van der Waals surface area contributed by atoms with E-state index in [1.165, 1.54) is 0 Å². The first-order valence-corrected chi connectivity index (χ1v) is 9.98. The Hall–Kier alpha value is -2.24. The highest BCUT2D eigenvalue weighted by Gasteiger charge is 2.14. The molecule has 0 saturated carbocycles. The number of halogens is 4. The number of hydrogen-bond acceptors (Lipinski definition) is 4. The van der Waals surface area contributed by atoms with Crippen LogP contribution in [0, 0.1) is 0 Å². The van der Waals surface area contributed by atoms with Gasteiger partial charge in [0.1, 0.15) is 17.4 Å². The molecule has 4 rings (SSSR count). The molecule has 8 heteroatoms. The van der Waals surface area contributed by atoms with Gasteiger partial charge < -0.3 is 9.26 Å². The third-order valence-corrected chi connectivity index (χ3v) is 5.43. The van der Waals surface area contributed by atoms with E-state index < -0.39 is 0 Å². The van der Waals surface area contributed by atoms with E-state index in [2.05, 4.69) is 10.1 Å². The third-order valence-electron chi connectivity index (χ3n) is 4.08. The van der Waals surface area contributed by atoms with Gasteiger partial charge in [0.05, 0.1) is 10.0 Å². The average Bonchev–Trinajstić information content (AvgIpc) is 3.19. The predicted octanol–water partition coefficient (Wildman–Crippen LogP) is 7.60. The summed E-state index contributed by atoms with van der Waals surface area (Å²) in [4.78, 5) is 4.44. The van der Waals surface area contributed by atoms with Crippen LogP contribution in [0.1, 0.15) is 5.56 Å². The van der Waals surface area contributed by atoms with Crippen molar-refractivity contribution in [3.63, 3.8) is 0 Å². The number of hydrogen-bond donors (Lipinski definition) is 0. The Morgan fingerprint density at radius 1 is 0.862 bits per heavy atom. The summed E-state index contributed by atoms with van der Waals surface area (Å²) in [6, 6.07) is 17.9. The molecule has 29 heavy (non-hydrogen) atoms. The molecule has 0 amide bonds. The van der Waals surface area contributed by atoms with Crippen LogP contribution in [0.2, 0.25) is 20.1 Å². The molecular formula is C21H12Cl4N2O2. The normalized spacial score (nSPS) is 10.9. The summed E-state index contributed by atoms with van der Waals surface area (Å²) < 4.78 is 11.2. The molecule has 0 saturated heterocycles. The second-order valence-corrected chi connectivity index (χ2v) is 7.72. The van der Waals surface area contributed by atoms with Crippen LogP contribution < -0.4 is 4.74 Å². The predicted molar refractivity (Wildman–Crippen MR) is 116 cm³/mol. The number of nitrogens with zero attached hydrogens (tertiary/aromatic N) is 2. The molecule has 0 atom stereocenters. The largest absolute Gasteiger partial charge is 0.487 e. The van der Waals surface area contributed by atoms with Gasteiger partial charge in [0, 0.05) is 16.1 Å². The van der Waals surface area contributed by atoms with Gasteiger partial charge in [-0.05, 0) is 48.0 Å². The smallest absolute Gasteiger partial charge is 0.258 e. The minimum atomic E-state index is 0.303. The molecule has 0 spiro atoms. The van der Waals surface area contributed by atoms with Crippen molar-refractivity contribution in [2.45, 2.75) is 6.61 Å². The van der Waals surface area contributed by atoms with Crippen molar-refractivity contribution < 1.29 is 9.26 Å². The average molecular weight is 466 g/mol. The standard InChI is InChI=1S/C21H12Cl4N2O2/c22-14-7-8-15(17(24)10-14)20-26-21(29-27-20)13-4-1-3-12(9-13)11-28-18-6-2-5-16(23)19(18)25/h1-10H,11H2. The van der Waals surface area contributed by atoms with Crippen LogP contribution in [0.25, 0.3) is 22.8 Å². The van der Waals surface area contributed by atoms with Crippen molar-refractivity contribution in [1.82, 2.24) is 10.1 Å². The van der Waals surface area contributed by atoms with E-state index in [9.17, 15) is 0 Å². The first kappa shape index (κ1) is 20.0. The van der Waals surface area contributed by atoms with Gasteiger partial charge in [0.25, 0.3) is 5.89 Å². The Kier molecular flexibility index (Phi) is 5.97. The summed E-state index contributed by atoms with van der Waals surface area (Å²) in [7, 11) is 0. The summed E-state index contributed by atoms with van der Waals surface area (Å²) in [6.45, 7) is 0.303. The van der Waals surface area contributed by atoms with E-state index >= 15 is 0 Å². The highest BCUT2D eigenvalue weighted by molar-refractivity contribution is 6.42. The van der Waals surface area contributed by atoms with E-state index in [0.29, 0.717) is 49.7 Å². The lowest BCUT2D eigenvalue weighted by atomic mass is 10.1. The van der Waals surface area contributed by atoms with Crippen LogP contribution in [0.3, 0.4) is 0 Å². The van der Waals surface area contributed by atoms with Gasteiger partial charge in [-0.2, -0.15) is 4.98 Å². The van der Waals surface area contributed by atoms with Gasteiger partial charge in [0.2, 0.25) is 5.82 Å². The van der Waals surface area contributed by atoms with Crippen LogP contribution in [0.4, 0.5) is 0 Å². The molecule has 146 valence electrons. The highest BCUT2D eigenvalue weighted by atomic mass is 35.5. The van der Waals surface area contributed by atoms with Gasteiger partial charge in [-0.25, -0.2) is 0 Å². The lowest BCUT2D eigenvalue weighted by molar-refractivity contribution is 0.306. The maximum atomic E-state index is 6.23.